The molecule has 0 aromatic heterocycles. The van der Waals surface area contributed by atoms with Gasteiger partial charge in [-0.15, -0.1) is 0 Å². The third-order valence-electron chi connectivity index (χ3n) is 4.21. The van der Waals surface area contributed by atoms with Gasteiger partial charge in [0.25, 0.3) is 0 Å². The minimum atomic E-state index is 0.321. The van der Waals surface area contributed by atoms with Gasteiger partial charge in [0.15, 0.2) is 0 Å². The van der Waals surface area contributed by atoms with Crippen LogP contribution < -0.4 is 0 Å². The number of hydrogen-bond acceptors (Lipinski definition) is 2. The van der Waals surface area contributed by atoms with Crippen LogP contribution in [0, 0.1) is 0 Å². The zero-order valence-corrected chi connectivity index (χ0v) is 10.9. The monoisotopic (exact) mass is 244 g/mol. The number of benzene rings is 1. The van der Waals surface area contributed by atoms with Gasteiger partial charge in [-0.3, -0.25) is 9.69 Å². The van der Waals surface area contributed by atoms with Gasteiger partial charge in [0, 0.05) is 38.1 Å². The van der Waals surface area contributed by atoms with Gasteiger partial charge in [0.2, 0.25) is 5.91 Å². The van der Waals surface area contributed by atoms with Gasteiger partial charge in [-0.1, -0.05) is 37.3 Å². The van der Waals surface area contributed by atoms with E-state index in [0.29, 0.717) is 24.4 Å². The minimum Gasteiger partial charge on any atom is -0.337 e. The summed E-state index contributed by atoms with van der Waals surface area (Å²) in [6, 6.07) is 11.6. The Bertz CT molecular complexity index is 431. The van der Waals surface area contributed by atoms with Crippen LogP contribution in [0.4, 0.5) is 0 Å². The SMILES string of the molecule is CCC(=O)N1CC2CC1CN2Cc1ccccc1. The van der Waals surface area contributed by atoms with Crippen molar-refractivity contribution in [2.24, 2.45) is 0 Å². The number of hydrogen-bond donors (Lipinski definition) is 0. The van der Waals surface area contributed by atoms with Crippen molar-refractivity contribution < 1.29 is 4.79 Å². The van der Waals surface area contributed by atoms with Crippen molar-refractivity contribution in [2.75, 3.05) is 13.1 Å². The summed E-state index contributed by atoms with van der Waals surface area (Å²) in [5, 5.41) is 0. The van der Waals surface area contributed by atoms with Gasteiger partial charge in [-0.2, -0.15) is 0 Å². The van der Waals surface area contributed by atoms with Crippen molar-refractivity contribution in [3.63, 3.8) is 0 Å². The lowest BCUT2D eigenvalue weighted by Gasteiger charge is -2.34. The summed E-state index contributed by atoms with van der Waals surface area (Å²) >= 11 is 0. The van der Waals surface area contributed by atoms with E-state index in [-0.39, 0.29) is 0 Å². The van der Waals surface area contributed by atoms with E-state index in [1.165, 1.54) is 12.0 Å². The second-order valence-corrected chi connectivity index (χ2v) is 5.36. The molecule has 2 saturated heterocycles. The number of carbonyl (C=O) groups excluding carboxylic acids is 1. The highest BCUT2D eigenvalue weighted by molar-refractivity contribution is 5.76. The van der Waals surface area contributed by atoms with Crippen molar-refractivity contribution in [2.45, 2.75) is 38.4 Å². The fourth-order valence-corrected chi connectivity index (χ4v) is 3.27. The Kier molecular flexibility index (Phi) is 3.08. The lowest BCUT2D eigenvalue weighted by molar-refractivity contribution is -0.133. The van der Waals surface area contributed by atoms with Gasteiger partial charge >= 0.3 is 0 Å². The number of rotatable bonds is 3. The summed E-state index contributed by atoms with van der Waals surface area (Å²) < 4.78 is 0. The van der Waals surface area contributed by atoms with E-state index >= 15 is 0 Å². The third-order valence-corrected chi connectivity index (χ3v) is 4.21. The van der Waals surface area contributed by atoms with Crippen LogP contribution in [0.5, 0.6) is 0 Å². The molecule has 0 N–H and O–H groups in total. The highest BCUT2D eigenvalue weighted by atomic mass is 16.2. The van der Waals surface area contributed by atoms with Crippen LogP contribution in [-0.2, 0) is 11.3 Å². The van der Waals surface area contributed by atoms with Crippen molar-refractivity contribution in [3.8, 4) is 0 Å². The van der Waals surface area contributed by atoms with Gasteiger partial charge in [0.05, 0.1) is 0 Å². The molecule has 1 aromatic carbocycles. The first-order valence-corrected chi connectivity index (χ1v) is 6.85. The number of piperazine rings is 1. The van der Waals surface area contributed by atoms with Crippen molar-refractivity contribution in [1.29, 1.82) is 0 Å². The molecule has 0 aliphatic carbocycles. The fraction of sp³-hybridized carbons (Fsp3) is 0.533. The molecule has 1 aromatic rings. The van der Waals surface area contributed by atoms with Crippen LogP contribution in [0.25, 0.3) is 0 Å². The summed E-state index contributed by atoms with van der Waals surface area (Å²) in [6.45, 7) is 4.96. The summed E-state index contributed by atoms with van der Waals surface area (Å²) in [4.78, 5) is 16.4. The highest BCUT2D eigenvalue weighted by Crippen LogP contribution is 2.32. The number of nitrogens with zero attached hydrogens (tertiary/aromatic N) is 2. The first-order chi connectivity index (χ1) is 8.78. The molecule has 3 heteroatoms. The minimum absolute atomic E-state index is 0.321. The van der Waals surface area contributed by atoms with Crippen molar-refractivity contribution in [3.05, 3.63) is 35.9 Å². The zero-order valence-electron chi connectivity index (χ0n) is 10.9. The molecule has 3 rings (SSSR count). The molecule has 18 heavy (non-hydrogen) atoms. The Balaban J connectivity index is 1.62. The predicted octanol–water partition coefficient (Wildman–Crippen LogP) is 1.88. The summed E-state index contributed by atoms with van der Waals surface area (Å²) in [7, 11) is 0. The molecule has 96 valence electrons. The average Bonchev–Trinajstić information content (AvgIpc) is 2.98. The topological polar surface area (TPSA) is 23.6 Å². The summed E-state index contributed by atoms with van der Waals surface area (Å²) in [5.74, 6) is 0.321. The molecule has 0 saturated carbocycles. The summed E-state index contributed by atoms with van der Waals surface area (Å²) in [6.07, 6.45) is 1.81. The maximum atomic E-state index is 11.8. The van der Waals surface area contributed by atoms with Crippen molar-refractivity contribution in [1.82, 2.24) is 9.80 Å². The molecule has 2 aliphatic rings. The van der Waals surface area contributed by atoms with E-state index in [1.807, 2.05) is 6.92 Å². The van der Waals surface area contributed by atoms with Crippen LogP contribution in [-0.4, -0.2) is 40.9 Å². The molecule has 2 unspecified atom stereocenters. The Morgan fingerprint density at radius 3 is 2.61 bits per heavy atom. The Morgan fingerprint density at radius 2 is 2.00 bits per heavy atom. The van der Waals surface area contributed by atoms with Crippen molar-refractivity contribution >= 4 is 5.91 Å². The number of fused-ring (bicyclic) bond motifs is 2. The maximum Gasteiger partial charge on any atom is 0.222 e. The van der Waals surface area contributed by atoms with E-state index in [9.17, 15) is 4.79 Å². The smallest absolute Gasteiger partial charge is 0.222 e. The second-order valence-electron chi connectivity index (χ2n) is 5.36. The molecule has 2 fully saturated rings. The molecule has 2 bridgehead atoms. The lowest BCUT2D eigenvalue weighted by Crippen LogP contribution is -2.48. The molecule has 2 atom stereocenters. The quantitative estimate of drug-likeness (QED) is 0.810. The second kappa shape index (κ2) is 4.73. The van der Waals surface area contributed by atoms with E-state index in [4.69, 9.17) is 0 Å². The Labute approximate surface area is 108 Å². The zero-order chi connectivity index (χ0) is 12.5. The average molecular weight is 244 g/mol. The van der Waals surface area contributed by atoms with Crippen LogP contribution >= 0.6 is 0 Å². The fourth-order valence-electron chi connectivity index (χ4n) is 3.27. The Hall–Kier alpha value is -1.35. The van der Waals surface area contributed by atoms with Crippen LogP contribution in [0.1, 0.15) is 25.3 Å². The van der Waals surface area contributed by atoms with E-state index < -0.39 is 0 Å². The predicted molar refractivity (Wildman–Crippen MR) is 71.0 cm³/mol. The molecule has 0 spiro atoms. The van der Waals surface area contributed by atoms with Crippen LogP contribution in [0.3, 0.4) is 0 Å². The standard InChI is InChI=1S/C15H20N2O/c1-2-15(18)17-11-13-8-14(17)10-16(13)9-12-6-4-3-5-7-12/h3-7,13-14H,2,8-11H2,1H3. The maximum absolute atomic E-state index is 11.8. The highest BCUT2D eigenvalue weighted by Gasteiger charge is 2.44. The van der Waals surface area contributed by atoms with Crippen LogP contribution in [0.15, 0.2) is 30.3 Å². The third kappa shape index (κ3) is 2.03. The van der Waals surface area contributed by atoms with Gasteiger partial charge < -0.3 is 4.90 Å². The molecule has 2 heterocycles. The normalized spacial score (nSPS) is 26.8. The molecule has 0 radical (unpaired) electrons. The first kappa shape index (κ1) is 11.7. The lowest BCUT2D eigenvalue weighted by atomic mass is 10.2. The van der Waals surface area contributed by atoms with E-state index in [2.05, 4.69) is 40.1 Å². The van der Waals surface area contributed by atoms with E-state index in [1.54, 1.807) is 0 Å². The Morgan fingerprint density at radius 1 is 1.22 bits per heavy atom. The molecular weight excluding hydrogens is 224 g/mol. The number of likely N-dealkylation sites (tertiary alicyclic amines) is 2. The van der Waals surface area contributed by atoms with E-state index in [0.717, 1.165) is 19.6 Å². The summed E-state index contributed by atoms with van der Waals surface area (Å²) in [5.41, 5.74) is 1.37. The number of carbonyl (C=O) groups is 1. The van der Waals surface area contributed by atoms with Gasteiger partial charge in [0.1, 0.15) is 0 Å². The molecular formula is C15H20N2O. The first-order valence-electron chi connectivity index (χ1n) is 6.85. The molecule has 2 aliphatic heterocycles. The molecule has 3 nitrogen and oxygen atoms in total. The number of amides is 1. The largest absolute Gasteiger partial charge is 0.337 e. The van der Waals surface area contributed by atoms with Crippen LogP contribution in [0.2, 0.25) is 0 Å². The van der Waals surface area contributed by atoms with Gasteiger partial charge in [-0.25, -0.2) is 0 Å². The van der Waals surface area contributed by atoms with Gasteiger partial charge in [-0.05, 0) is 12.0 Å². The molecule has 1 amide bonds.